The molecule has 0 N–H and O–H groups in total. The molecule has 0 atom stereocenters. The van der Waals surface area contributed by atoms with Crippen LogP contribution in [0.1, 0.15) is 25.7 Å². The van der Waals surface area contributed by atoms with Crippen molar-refractivity contribution in [1.29, 1.82) is 0 Å². The lowest BCUT2D eigenvalue weighted by Gasteiger charge is -2.36. The third-order valence-corrected chi connectivity index (χ3v) is 8.12. The minimum absolute atomic E-state index is 0.179. The number of fused-ring (bicyclic) bond motifs is 3. The van der Waals surface area contributed by atoms with Gasteiger partial charge in [0.1, 0.15) is 0 Å². The van der Waals surface area contributed by atoms with Gasteiger partial charge in [-0.1, -0.05) is 17.7 Å². The van der Waals surface area contributed by atoms with E-state index in [0.717, 1.165) is 48.9 Å². The van der Waals surface area contributed by atoms with Crippen LogP contribution in [0.15, 0.2) is 35.7 Å². The highest BCUT2D eigenvalue weighted by Crippen LogP contribution is 2.42. The molecule has 3 heterocycles. The summed E-state index contributed by atoms with van der Waals surface area (Å²) in [6.07, 6.45) is 2.15. The zero-order valence-electron chi connectivity index (χ0n) is 15.7. The van der Waals surface area contributed by atoms with Crippen LogP contribution in [0.25, 0.3) is 10.4 Å². The SMILES string of the molecule is Cc1ccc(Cl)cc1N1CCN(C(=O)c2cc3c(s2)-c2ccsc2CC3)CC1. The molecule has 2 aliphatic rings. The van der Waals surface area contributed by atoms with Gasteiger partial charge in [-0.3, -0.25) is 4.79 Å². The van der Waals surface area contributed by atoms with E-state index in [2.05, 4.69) is 35.4 Å². The molecule has 0 saturated carbocycles. The van der Waals surface area contributed by atoms with Gasteiger partial charge in [0.05, 0.1) is 4.88 Å². The lowest BCUT2D eigenvalue weighted by atomic mass is 9.98. The quantitative estimate of drug-likeness (QED) is 0.538. The monoisotopic (exact) mass is 428 g/mol. The van der Waals surface area contributed by atoms with Crippen molar-refractivity contribution in [2.45, 2.75) is 19.8 Å². The Morgan fingerprint density at radius 1 is 1.07 bits per heavy atom. The highest BCUT2D eigenvalue weighted by Gasteiger charge is 2.27. The van der Waals surface area contributed by atoms with Gasteiger partial charge in [0.2, 0.25) is 0 Å². The number of piperazine rings is 1. The number of carbonyl (C=O) groups excluding carboxylic acids is 1. The zero-order valence-corrected chi connectivity index (χ0v) is 18.1. The molecule has 28 heavy (non-hydrogen) atoms. The van der Waals surface area contributed by atoms with Gasteiger partial charge < -0.3 is 9.80 Å². The Morgan fingerprint density at radius 2 is 1.89 bits per heavy atom. The molecule has 1 amide bonds. The fraction of sp³-hybridized carbons (Fsp3) is 0.318. The van der Waals surface area contributed by atoms with Gasteiger partial charge in [-0.15, -0.1) is 22.7 Å². The Balaban J connectivity index is 1.31. The summed E-state index contributed by atoms with van der Waals surface area (Å²) in [5.41, 5.74) is 5.09. The largest absolute Gasteiger partial charge is 0.368 e. The van der Waals surface area contributed by atoms with Gasteiger partial charge in [0, 0.05) is 52.2 Å². The predicted molar refractivity (Wildman–Crippen MR) is 119 cm³/mol. The second-order valence-corrected chi connectivity index (χ2v) is 9.92. The van der Waals surface area contributed by atoms with Gasteiger partial charge in [0.25, 0.3) is 5.91 Å². The van der Waals surface area contributed by atoms with Gasteiger partial charge >= 0.3 is 0 Å². The number of anilines is 1. The summed E-state index contributed by atoms with van der Waals surface area (Å²) in [7, 11) is 0. The van der Waals surface area contributed by atoms with E-state index < -0.39 is 0 Å². The third-order valence-electron chi connectivity index (χ3n) is 5.71. The number of carbonyl (C=O) groups is 1. The Bertz CT molecular complexity index is 1050. The summed E-state index contributed by atoms with van der Waals surface area (Å²) in [4.78, 5) is 21.1. The summed E-state index contributed by atoms with van der Waals surface area (Å²) < 4.78 is 0. The van der Waals surface area contributed by atoms with E-state index in [9.17, 15) is 4.79 Å². The van der Waals surface area contributed by atoms with Crippen LogP contribution in [0.2, 0.25) is 5.02 Å². The first-order chi connectivity index (χ1) is 13.6. The second-order valence-electron chi connectivity index (χ2n) is 7.43. The second kappa shape index (κ2) is 7.21. The molecule has 0 spiro atoms. The number of thiophene rings is 2. The Hall–Kier alpha value is -1.82. The normalized spacial score (nSPS) is 16.1. The van der Waals surface area contributed by atoms with E-state index in [-0.39, 0.29) is 5.91 Å². The number of rotatable bonds is 2. The van der Waals surface area contributed by atoms with Crippen LogP contribution in [0, 0.1) is 6.92 Å². The first kappa shape index (κ1) is 18.2. The van der Waals surface area contributed by atoms with E-state index in [1.165, 1.54) is 32.1 Å². The third kappa shape index (κ3) is 3.15. The molecule has 3 aromatic rings. The summed E-state index contributed by atoms with van der Waals surface area (Å²) in [6, 6.07) is 10.4. The van der Waals surface area contributed by atoms with Crippen molar-refractivity contribution >= 4 is 45.9 Å². The average molecular weight is 429 g/mol. The number of amides is 1. The van der Waals surface area contributed by atoms with E-state index in [1.807, 2.05) is 28.4 Å². The maximum absolute atomic E-state index is 13.1. The van der Waals surface area contributed by atoms with Crippen molar-refractivity contribution in [2.24, 2.45) is 0 Å². The minimum Gasteiger partial charge on any atom is -0.368 e. The first-order valence-corrected chi connectivity index (χ1v) is 11.7. The van der Waals surface area contributed by atoms with E-state index >= 15 is 0 Å². The predicted octanol–water partition coefficient (Wildman–Crippen LogP) is 5.50. The molecule has 1 aliphatic heterocycles. The smallest absolute Gasteiger partial charge is 0.264 e. The molecule has 1 aliphatic carbocycles. The molecule has 1 fully saturated rings. The molecule has 144 valence electrons. The van der Waals surface area contributed by atoms with Crippen LogP contribution < -0.4 is 4.90 Å². The number of hydrogen-bond acceptors (Lipinski definition) is 4. The Kier molecular flexibility index (Phi) is 4.69. The van der Waals surface area contributed by atoms with Gasteiger partial charge in [0.15, 0.2) is 0 Å². The molecule has 5 rings (SSSR count). The van der Waals surface area contributed by atoms with Gasteiger partial charge in [-0.25, -0.2) is 0 Å². The zero-order chi connectivity index (χ0) is 19.3. The van der Waals surface area contributed by atoms with Crippen molar-refractivity contribution in [3.05, 3.63) is 61.6 Å². The number of benzene rings is 1. The first-order valence-electron chi connectivity index (χ1n) is 9.60. The molecule has 0 bridgehead atoms. The van der Waals surface area contributed by atoms with Crippen molar-refractivity contribution in [3.8, 4) is 10.4 Å². The Labute approximate surface area is 178 Å². The summed E-state index contributed by atoms with van der Waals surface area (Å²) in [5, 5.41) is 2.92. The van der Waals surface area contributed by atoms with Gasteiger partial charge in [-0.05, 0) is 60.5 Å². The lowest BCUT2D eigenvalue weighted by Crippen LogP contribution is -2.48. The summed E-state index contributed by atoms with van der Waals surface area (Å²) in [5.74, 6) is 0.179. The molecule has 2 aromatic heterocycles. The van der Waals surface area contributed by atoms with E-state index in [0.29, 0.717) is 0 Å². The molecular weight excluding hydrogens is 408 g/mol. The summed E-state index contributed by atoms with van der Waals surface area (Å²) >= 11 is 9.69. The van der Waals surface area contributed by atoms with Crippen LogP contribution in [-0.4, -0.2) is 37.0 Å². The van der Waals surface area contributed by atoms with Crippen molar-refractivity contribution in [3.63, 3.8) is 0 Å². The van der Waals surface area contributed by atoms with Crippen LogP contribution >= 0.6 is 34.3 Å². The minimum atomic E-state index is 0.179. The maximum atomic E-state index is 13.1. The van der Waals surface area contributed by atoms with E-state index in [1.54, 1.807) is 11.3 Å². The van der Waals surface area contributed by atoms with Crippen molar-refractivity contribution < 1.29 is 4.79 Å². The van der Waals surface area contributed by atoms with Crippen LogP contribution in [-0.2, 0) is 12.8 Å². The molecule has 6 heteroatoms. The number of hydrogen-bond donors (Lipinski definition) is 0. The van der Waals surface area contributed by atoms with Crippen molar-refractivity contribution in [1.82, 2.24) is 4.90 Å². The molecular formula is C22H21ClN2OS2. The Morgan fingerprint density at radius 3 is 2.71 bits per heavy atom. The van der Waals surface area contributed by atoms with Crippen LogP contribution in [0.5, 0.6) is 0 Å². The average Bonchev–Trinajstić information content (AvgIpc) is 3.35. The topological polar surface area (TPSA) is 23.6 Å². The van der Waals surface area contributed by atoms with Crippen molar-refractivity contribution in [2.75, 3.05) is 31.1 Å². The number of aryl methyl sites for hydroxylation is 3. The molecule has 1 saturated heterocycles. The maximum Gasteiger partial charge on any atom is 0.264 e. The van der Waals surface area contributed by atoms with Gasteiger partial charge in [-0.2, -0.15) is 0 Å². The number of nitrogens with zero attached hydrogens (tertiary/aromatic N) is 2. The highest BCUT2D eigenvalue weighted by atomic mass is 35.5. The molecule has 3 nitrogen and oxygen atoms in total. The lowest BCUT2D eigenvalue weighted by molar-refractivity contribution is 0.0751. The summed E-state index contributed by atoms with van der Waals surface area (Å²) in [6.45, 7) is 5.28. The highest BCUT2D eigenvalue weighted by molar-refractivity contribution is 7.18. The van der Waals surface area contributed by atoms with Crippen LogP contribution in [0.4, 0.5) is 5.69 Å². The van der Waals surface area contributed by atoms with E-state index in [4.69, 9.17) is 11.6 Å². The molecule has 0 radical (unpaired) electrons. The molecule has 0 unspecified atom stereocenters. The fourth-order valence-corrected chi connectivity index (χ4v) is 6.51. The number of halogens is 1. The molecule has 1 aromatic carbocycles. The standard InChI is InChI=1S/C22H21ClN2OS2/c1-14-2-4-16(23)13-18(14)24-7-9-25(10-8-24)22(26)20-12-15-3-5-19-17(6-11-27-19)21(15)28-20/h2,4,6,11-13H,3,5,7-10H2,1H3. The van der Waals surface area contributed by atoms with Crippen LogP contribution in [0.3, 0.4) is 0 Å². The fourth-order valence-electron chi connectivity index (χ4n) is 4.16.